The van der Waals surface area contributed by atoms with Gasteiger partial charge in [0.1, 0.15) is 11.6 Å². The van der Waals surface area contributed by atoms with Gasteiger partial charge in [0, 0.05) is 19.0 Å². The van der Waals surface area contributed by atoms with Crippen molar-refractivity contribution in [2.24, 2.45) is 0 Å². The van der Waals surface area contributed by atoms with Gasteiger partial charge in [-0.05, 0) is 25.5 Å². The first-order valence-electron chi connectivity index (χ1n) is 7.35. The van der Waals surface area contributed by atoms with Crippen LogP contribution in [-0.2, 0) is 14.6 Å². The van der Waals surface area contributed by atoms with Gasteiger partial charge >= 0.3 is 0 Å². The molecule has 2 N–H and O–H groups in total. The van der Waals surface area contributed by atoms with Crippen LogP contribution in [0.5, 0.6) is 0 Å². The van der Waals surface area contributed by atoms with Crippen molar-refractivity contribution in [2.75, 3.05) is 18.1 Å². The average Bonchev–Trinajstić information content (AvgIpc) is 2.71. The zero-order chi connectivity index (χ0) is 18.0. The SMILES string of the molecule is CC1(NC(=O)CCNC(=O)c2ccc(F)cc2F)CCS(=O)(=O)C1. The summed E-state index contributed by atoms with van der Waals surface area (Å²) in [4.78, 5) is 23.6. The van der Waals surface area contributed by atoms with E-state index in [1.54, 1.807) is 6.92 Å². The Morgan fingerprint density at radius 1 is 1.29 bits per heavy atom. The number of nitrogens with one attached hydrogen (secondary N) is 2. The second-order valence-electron chi connectivity index (χ2n) is 6.08. The van der Waals surface area contributed by atoms with Crippen molar-refractivity contribution in [3.05, 3.63) is 35.4 Å². The van der Waals surface area contributed by atoms with Crippen LogP contribution in [-0.4, -0.2) is 43.8 Å². The van der Waals surface area contributed by atoms with Gasteiger partial charge in [-0.25, -0.2) is 17.2 Å². The van der Waals surface area contributed by atoms with E-state index in [1.165, 1.54) is 0 Å². The molecule has 2 amide bonds. The molecule has 0 aliphatic carbocycles. The van der Waals surface area contributed by atoms with Gasteiger partial charge < -0.3 is 10.6 Å². The van der Waals surface area contributed by atoms with Gasteiger partial charge in [-0.3, -0.25) is 9.59 Å². The lowest BCUT2D eigenvalue weighted by Gasteiger charge is -2.23. The second-order valence-corrected chi connectivity index (χ2v) is 8.27. The summed E-state index contributed by atoms with van der Waals surface area (Å²) in [6.07, 6.45) is 0.262. The van der Waals surface area contributed by atoms with E-state index in [1.807, 2.05) is 0 Å². The lowest BCUT2D eigenvalue weighted by atomic mass is 10.0. The Labute approximate surface area is 138 Å². The largest absolute Gasteiger partial charge is 0.351 e. The Morgan fingerprint density at radius 3 is 2.58 bits per heavy atom. The normalized spacial score (nSPS) is 22.1. The van der Waals surface area contributed by atoms with Crippen LogP contribution < -0.4 is 10.6 Å². The fraction of sp³-hybridized carbons (Fsp3) is 0.467. The van der Waals surface area contributed by atoms with Crippen molar-refractivity contribution in [3.8, 4) is 0 Å². The molecule has 6 nitrogen and oxygen atoms in total. The molecule has 1 aliphatic rings. The highest BCUT2D eigenvalue weighted by Crippen LogP contribution is 2.22. The highest BCUT2D eigenvalue weighted by atomic mass is 32.2. The van der Waals surface area contributed by atoms with Crippen molar-refractivity contribution < 1.29 is 26.8 Å². The lowest BCUT2D eigenvalue weighted by Crippen LogP contribution is -2.47. The lowest BCUT2D eigenvalue weighted by molar-refractivity contribution is -0.122. The van der Waals surface area contributed by atoms with E-state index >= 15 is 0 Å². The standard InChI is InChI=1S/C15H18F2N2O4S/c1-15(5-7-24(22,23)9-15)19-13(20)4-6-18-14(21)11-3-2-10(16)8-12(11)17/h2-3,8H,4-7,9H2,1H3,(H,18,21)(H,19,20). The minimum atomic E-state index is -3.13. The third kappa shape index (κ3) is 4.73. The van der Waals surface area contributed by atoms with Gasteiger partial charge in [0.25, 0.3) is 5.91 Å². The molecule has 1 aliphatic heterocycles. The van der Waals surface area contributed by atoms with Gasteiger partial charge in [-0.1, -0.05) is 0 Å². The van der Waals surface area contributed by atoms with Crippen LogP contribution in [0.3, 0.4) is 0 Å². The van der Waals surface area contributed by atoms with Gasteiger partial charge in [0.05, 0.1) is 22.6 Å². The van der Waals surface area contributed by atoms with Gasteiger partial charge in [0.15, 0.2) is 9.84 Å². The van der Waals surface area contributed by atoms with Gasteiger partial charge in [-0.15, -0.1) is 0 Å². The molecule has 1 atom stereocenters. The number of sulfone groups is 1. The van der Waals surface area contributed by atoms with Gasteiger partial charge in [-0.2, -0.15) is 0 Å². The molecule has 24 heavy (non-hydrogen) atoms. The molecule has 1 unspecified atom stereocenters. The summed E-state index contributed by atoms with van der Waals surface area (Å²) in [5.41, 5.74) is -1.12. The Morgan fingerprint density at radius 2 is 2.00 bits per heavy atom. The number of carbonyl (C=O) groups is 2. The minimum Gasteiger partial charge on any atom is -0.351 e. The molecule has 0 radical (unpaired) electrons. The van der Waals surface area contributed by atoms with Crippen molar-refractivity contribution in [1.82, 2.24) is 10.6 Å². The summed E-state index contributed by atoms with van der Waals surface area (Å²) >= 11 is 0. The molecule has 0 bridgehead atoms. The maximum Gasteiger partial charge on any atom is 0.254 e. The summed E-state index contributed by atoms with van der Waals surface area (Å²) in [6.45, 7) is 1.60. The van der Waals surface area contributed by atoms with Crippen LogP contribution in [0.25, 0.3) is 0 Å². The molecule has 1 heterocycles. The van der Waals surface area contributed by atoms with Gasteiger partial charge in [0.2, 0.25) is 5.91 Å². The molecule has 132 valence electrons. The highest BCUT2D eigenvalue weighted by molar-refractivity contribution is 7.91. The minimum absolute atomic E-state index is 0.0321. The Kier molecular flexibility index (Phi) is 5.22. The van der Waals surface area contributed by atoms with E-state index in [4.69, 9.17) is 0 Å². The van der Waals surface area contributed by atoms with Crippen LogP contribution in [0.15, 0.2) is 18.2 Å². The van der Waals surface area contributed by atoms with Crippen LogP contribution in [0, 0.1) is 11.6 Å². The summed E-state index contributed by atoms with van der Waals surface area (Å²) in [5.74, 6) is -3.02. The summed E-state index contributed by atoms with van der Waals surface area (Å²) in [5, 5.41) is 5.01. The third-order valence-corrected chi connectivity index (χ3v) is 5.66. The quantitative estimate of drug-likeness (QED) is 0.812. The Balaban J connectivity index is 1.81. The number of benzene rings is 1. The van der Waals surface area contributed by atoms with E-state index in [2.05, 4.69) is 10.6 Å². The number of hydrogen-bond donors (Lipinski definition) is 2. The smallest absolute Gasteiger partial charge is 0.254 e. The first-order valence-corrected chi connectivity index (χ1v) is 9.17. The molecule has 0 spiro atoms. The van der Waals surface area contributed by atoms with Crippen LogP contribution >= 0.6 is 0 Å². The van der Waals surface area contributed by atoms with Crippen LogP contribution in [0.2, 0.25) is 0 Å². The van der Waals surface area contributed by atoms with Crippen LogP contribution in [0.4, 0.5) is 8.78 Å². The maximum absolute atomic E-state index is 13.4. The number of rotatable bonds is 5. The molecular weight excluding hydrogens is 342 g/mol. The summed E-state index contributed by atoms with van der Waals surface area (Å²) in [6, 6.07) is 2.58. The van der Waals surface area contributed by atoms with Crippen LogP contribution in [0.1, 0.15) is 30.1 Å². The second kappa shape index (κ2) is 6.84. The van der Waals surface area contributed by atoms with E-state index in [9.17, 15) is 26.8 Å². The average molecular weight is 360 g/mol. The molecule has 1 aromatic rings. The number of carbonyl (C=O) groups excluding carboxylic acids is 2. The fourth-order valence-electron chi connectivity index (χ4n) is 2.57. The highest BCUT2D eigenvalue weighted by Gasteiger charge is 2.39. The van der Waals surface area contributed by atoms with E-state index in [-0.39, 0.29) is 30.0 Å². The van der Waals surface area contributed by atoms with E-state index in [0.29, 0.717) is 12.5 Å². The summed E-state index contributed by atoms with van der Waals surface area (Å²) in [7, 11) is -3.13. The third-order valence-electron chi connectivity index (χ3n) is 3.76. The van der Waals surface area contributed by atoms with E-state index < -0.39 is 38.8 Å². The van der Waals surface area contributed by atoms with Crippen molar-refractivity contribution in [2.45, 2.75) is 25.3 Å². The molecule has 1 aromatic carbocycles. The maximum atomic E-state index is 13.4. The molecule has 1 saturated heterocycles. The first-order chi connectivity index (χ1) is 11.1. The molecular formula is C15H18F2N2O4S. The molecule has 0 aromatic heterocycles. The zero-order valence-corrected chi connectivity index (χ0v) is 13.9. The molecule has 9 heteroatoms. The van der Waals surface area contributed by atoms with E-state index in [0.717, 1.165) is 12.1 Å². The molecule has 1 fully saturated rings. The molecule has 0 saturated carbocycles. The fourth-order valence-corrected chi connectivity index (χ4v) is 4.66. The van der Waals surface area contributed by atoms with Crippen molar-refractivity contribution >= 4 is 21.7 Å². The number of halogens is 2. The first kappa shape index (κ1) is 18.3. The monoisotopic (exact) mass is 360 g/mol. The topological polar surface area (TPSA) is 92.3 Å². The number of amides is 2. The van der Waals surface area contributed by atoms with Crippen molar-refractivity contribution in [3.63, 3.8) is 0 Å². The number of hydrogen-bond acceptors (Lipinski definition) is 4. The predicted octanol–water partition coefficient (Wildman–Crippen LogP) is 0.778. The Hall–Kier alpha value is -2.03. The van der Waals surface area contributed by atoms with Crippen molar-refractivity contribution in [1.29, 1.82) is 0 Å². The Bertz CT molecular complexity index is 767. The zero-order valence-electron chi connectivity index (χ0n) is 13.1. The summed E-state index contributed by atoms with van der Waals surface area (Å²) < 4.78 is 49.2. The molecule has 2 rings (SSSR count). The predicted molar refractivity (Wildman–Crippen MR) is 83.1 cm³/mol.